The summed E-state index contributed by atoms with van der Waals surface area (Å²) in [7, 11) is 0. The fourth-order valence-electron chi connectivity index (χ4n) is 9.55. The van der Waals surface area contributed by atoms with Crippen molar-refractivity contribution in [2.75, 3.05) is 26.2 Å². The van der Waals surface area contributed by atoms with E-state index in [9.17, 15) is 88.5 Å². The molecule has 0 aromatic carbocycles. The summed E-state index contributed by atoms with van der Waals surface area (Å²) in [5.41, 5.74) is 10.9. The summed E-state index contributed by atoms with van der Waals surface area (Å²) < 4.78 is 5.61. The van der Waals surface area contributed by atoms with Crippen LogP contribution in [-0.4, -0.2) is 222 Å². The van der Waals surface area contributed by atoms with Crippen LogP contribution in [0.25, 0.3) is 0 Å². The molecule has 452 valence electrons. The number of aliphatic hydroxyl groups is 5. The fraction of sp³-hybridized carbons (Fsp3) is 0.760. The number of amides is 8. The van der Waals surface area contributed by atoms with Gasteiger partial charge in [-0.1, -0.05) is 65.2 Å². The zero-order valence-electron chi connectivity index (χ0n) is 45.8. The number of ether oxygens (including phenoxy) is 1. The maximum absolute atomic E-state index is 14.1. The van der Waals surface area contributed by atoms with Crippen LogP contribution in [0.2, 0.25) is 0 Å². The van der Waals surface area contributed by atoms with Crippen LogP contribution in [0.5, 0.6) is 0 Å². The van der Waals surface area contributed by atoms with Crippen LogP contribution in [-0.2, 0) is 57.5 Å². The van der Waals surface area contributed by atoms with E-state index < -0.39 is 164 Å². The number of hydrogen-bond acceptors (Lipinski definition) is 18. The Hall–Kier alpha value is -6.76. The van der Waals surface area contributed by atoms with Gasteiger partial charge in [-0.3, -0.25) is 43.3 Å². The number of fused-ring (bicyclic) bond motifs is 2. The van der Waals surface area contributed by atoms with Crippen molar-refractivity contribution in [1.82, 2.24) is 41.7 Å². The number of carboxylic acid groups (broad SMARTS) is 2. The number of carbonyl (C=O) groups is 11. The van der Waals surface area contributed by atoms with Gasteiger partial charge in [-0.25, -0.2) is 14.4 Å². The molecule has 17 N–H and O–H groups in total. The molecule has 8 amide bonds. The van der Waals surface area contributed by atoms with Crippen molar-refractivity contribution in [2.45, 2.75) is 209 Å². The minimum Gasteiger partial charge on any atom is -0.479 e. The number of hydrogen-bond donors (Lipinski definition) is 15. The SMILES string of the molecule is CC(C)CCCCCCCCCCC1CC(=O)NC(C(C)O)C(=O)NC(C)C(=O)N2CCCC2C(=O)NC(CCCN=C(N)N)C(=O)NC(C(O)C(=O)O)C(=O)NC(CO)C(=O)N2CCC(O)C2C(=O)NC(C(O)C(=O)O)C(=O)O1. The highest BCUT2D eigenvalue weighted by molar-refractivity contribution is 6.00. The maximum Gasteiger partial charge on any atom is 0.335 e. The zero-order chi connectivity index (χ0) is 60.0. The van der Waals surface area contributed by atoms with E-state index in [1.807, 2.05) is 16.0 Å². The number of rotatable bonds is 21. The molecule has 3 aliphatic heterocycles. The number of guanidine groups is 1. The van der Waals surface area contributed by atoms with Gasteiger partial charge in [0.05, 0.1) is 25.2 Å². The molecule has 13 atom stereocenters. The largest absolute Gasteiger partial charge is 0.479 e. The van der Waals surface area contributed by atoms with Gasteiger partial charge in [-0.15, -0.1) is 0 Å². The van der Waals surface area contributed by atoms with Crippen molar-refractivity contribution in [3.05, 3.63) is 0 Å². The molecule has 80 heavy (non-hydrogen) atoms. The first-order chi connectivity index (χ1) is 37.7. The van der Waals surface area contributed by atoms with Crippen LogP contribution >= 0.6 is 0 Å². The molecule has 13 unspecified atom stereocenters. The highest BCUT2D eigenvalue weighted by Crippen LogP contribution is 2.23. The summed E-state index contributed by atoms with van der Waals surface area (Å²) in [6, 6.07) is -15.3. The minimum atomic E-state index is -2.77. The second-order valence-corrected chi connectivity index (χ2v) is 20.9. The second kappa shape index (κ2) is 33.1. The van der Waals surface area contributed by atoms with Crippen LogP contribution in [0.15, 0.2) is 4.99 Å². The van der Waals surface area contributed by atoms with Gasteiger partial charge in [0.15, 0.2) is 24.2 Å². The molecule has 0 aromatic heterocycles. The summed E-state index contributed by atoms with van der Waals surface area (Å²) >= 11 is 0. The number of aliphatic hydroxyl groups excluding tert-OH is 5. The highest BCUT2D eigenvalue weighted by Gasteiger charge is 2.47. The summed E-state index contributed by atoms with van der Waals surface area (Å²) in [6.07, 6.45) is -3.73. The third-order valence-electron chi connectivity index (χ3n) is 14.0. The van der Waals surface area contributed by atoms with E-state index in [2.05, 4.69) is 34.8 Å². The van der Waals surface area contributed by atoms with Gasteiger partial charge in [-0.05, 0) is 64.7 Å². The molecule has 30 nitrogen and oxygen atoms in total. The number of cyclic esters (lactones) is 1. The summed E-state index contributed by atoms with van der Waals surface area (Å²) in [5, 5.41) is 86.6. The molecule has 0 spiro atoms. The van der Waals surface area contributed by atoms with Crippen LogP contribution in [0.4, 0.5) is 0 Å². The average Bonchev–Trinajstić information content (AvgIpc) is 4.05. The van der Waals surface area contributed by atoms with E-state index in [4.69, 9.17) is 16.2 Å². The van der Waals surface area contributed by atoms with Gasteiger partial charge in [-0.2, -0.15) is 0 Å². The number of nitrogens with two attached hydrogens (primary N) is 2. The predicted octanol–water partition coefficient (Wildman–Crippen LogP) is -4.94. The fourth-order valence-corrected chi connectivity index (χ4v) is 9.55. The quantitative estimate of drug-likeness (QED) is 0.0222. The molecule has 30 heteroatoms. The molecule has 0 radical (unpaired) electrons. The lowest BCUT2D eigenvalue weighted by Crippen LogP contribution is -2.64. The van der Waals surface area contributed by atoms with Gasteiger partial charge in [0.25, 0.3) is 0 Å². The summed E-state index contributed by atoms with van der Waals surface area (Å²) in [4.78, 5) is 155. The number of carbonyl (C=O) groups excluding carboxylic acids is 9. The molecule has 3 aliphatic rings. The maximum atomic E-state index is 14.1. The molecular formula is C50H83N11O19. The van der Waals surface area contributed by atoms with Crippen LogP contribution in [0, 0.1) is 5.92 Å². The normalized spacial score (nSPS) is 27.6. The van der Waals surface area contributed by atoms with Crippen molar-refractivity contribution >= 4 is 71.1 Å². The van der Waals surface area contributed by atoms with E-state index in [-0.39, 0.29) is 57.6 Å². The molecule has 0 saturated carbocycles. The predicted molar refractivity (Wildman–Crippen MR) is 280 cm³/mol. The van der Waals surface area contributed by atoms with Crippen LogP contribution in [0.3, 0.4) is 0 Å². The Balaban J connectivity index is 2.10. The van der Waals surface area contributed by atoms with Crippen molar-refractivity contribution in [2.24, 2.45) is 22.4 Å². The molecule has 0 aliphatic carbocycles. The Morgan fingerprint density at radius 1 is 0.650 bits per heavy atom. The molecule has 0 aromatic rings. The minimum absolute atomic E-state index is 0.0309. The molecule has 3 rings (SSSR count). The standard InChI is InChI=1S/C50H83N11O19/c1-25(2)15-11-9-7-5-6-8-10-12-16-28-23-33(65)57-34(27(4)63)42(70)54-26(3)45(73)60-21-14-18-31(60)41(69)55-29(17-13-20-53-50(51)52)40(68)58-35(38(66)47(75)76)43(71)56-30(24-62)46(74)61-22-19-32(64)37(61)44(72)59-36(49(79)80-28)39(67)48(77)78/h25-32,34-39,62-64,66-67H,5-24H2,1-4H3,(H,54,70)(H,55,69)(H,56,71)(H,57,65)(H,58,68)(H,59,72)(H,75,76)(H,77,78)(H4,51,52,53). The number of aliphatic imine (C=N–C) groups is 1. The van der Waals surface area contributed by atoms with E-state index >= 15 is 0 Å². The second-order valence-electron chi connectivity index (χ2n) is 20.9. The summed E-state index contributed by atoms with van der Waals surface area (Å²) in [5.74, 6) is -14.9. The molecule has 3 saturated heterocycles. The summed E-state index contributed by atoms with van der Waals surface area (Å²) in [6.45, 7) is 4.79. The Morgan fingerprint density at radius 2 is 1.23 bits per heavy atom. The Morgan fingerprint density at radius 3 is 1.81 bits per heavy atom. The third-order valence-corrected chi connectivity index (χ3v) is 14.0. The number of nitrogens with one attached hydrogen (secondary N) is 6. The zero-order valence-corrected chi connectivity index (χ0v) is 45.8. The number of aliphatic carboxylic acids is 2. The first kappa shape index (κ1) is 67.5. The van der Waals surface area contributed by atoms with E-state index in [0.717, 1.165) is 56.8 Å². The number of carboxylic acids is 2. The van der Waals surface area contributed by atoms with Crippen molar-refractivity contribution in [1.29, 1.82) is 0 Å². The highest BCUT2D eigenvalue weighted by atomic mass is 16.5. The first-order valence-electron chi connectivity index (χ1n) is 27.2. The van der Waals surface area contributed by atoms with E-state index in [0.29, 0.717) is 23.7 Å². The van der Waals surface area contributed by atoms with Gasteiger partial charge in [0, 0.05) is 19.6 Å². The van der Waals surface area contributed by atoms with Gasteiger partial charge in [0.2, 0.25) is 47.3 Å². The van der Waals surface area contributed by atoms with Crippen molar-refractivity contribution < 1.29 is 93.2 Å². The lowest BCUT2D eigenvalue weighted by atomic mass is 10.0. The lowest BCUT2D eigenvalue weighted by molar-refractivity contribution is -0.165. The Bertz CT molecular complexity index is 2200. The molecule has 0 bridgehead atoms. The van der Waals surface area contributed by atoms with Crippen molar-refractivity contribution in [3.63, 3.8) is 0 Å². The monoisotopic (exact) mass is 1140 g/mol. The van der Waals surface area contributed by atoms with Gasteiger partial charge < -0.3 is 93.7 Å². The third kappa shape index (κ3) is 20.7. The van der Waals surface area contributed by atoms with Gasteiger partial charge >= 0.3 is 17.9 Å². The van der Waals surface area contributed by atoms with E-state index in [1.54, 1.807) is 0 Å². The van der Waals surface area contributed by atoms with Crippen LogP contribution < -0.4 is 43.4 Å². The number of nitrogens with zero attached hydrogens (tertiary/aromatic N) is 3. The van der Waals surface area contributed by atoms with Crippen LogP contribution in [0.1, 0.15) is 130 Å². The van der Waals surface area contributed by atoms with Gasteiger partial charge in [0.1, 0.15) is 48.4 Å². The topological polar surface area (TPSA) is 482 Å². The smallest absolute Gasteiger partial charge is 0.335 e. The first-order valence-corrected chi connectivity index (χ1v) is 27.2. The van der Waals surface area contributed by atoms with E-state index in [1.165, 1.54) is 6.92 Å². The Kier molecular flexibility index (Phi) is 27.9. The molecular weight excluding hydrogens is 1060 g/mol. The Labute approximate surface area is 462 Å². The average molecular weight is 1140 g/mol. The number of esters is 1. The lowest BCUT2D eigenvalue weighted by Gasteiger charge is -2.32. The molecule has 3 heterocycles. The number of unbranched alkanes of at least 4 members (excludes halogenated alkanes) is 7. The van der Waals surface area contributed by atoms with Crippen molar-refractivity contribution in [3.8, 4) is 0 Å². The molecule has 3 fully saturated rings.